The van der Waals surface area contributed by atoms with Crippen LogP contribution in [0.5, 0.6) is 0 Å². The maximum absolute atomic E-state index is 12.7. The summed E-state index contributed by atoms with van der Waals surface area (Å²) in [5.41, 5.74) is 3.35. The number of rotatable bonds is 4. The molecule has 1 aromatic heterocycles. The number of anilines is 1. The van der Waals surface area contributed by atoms with Crippen LogP contribution in [0.15, 0.2) is 78.9 Å². The van der Waals surface area contributed by atoms with Crippen molar-refractivity contribution in [1.82, 2.24) is 14.8 Å². The van der Waals surface area contributed by atoms with Crippen molar-refractivity contribution in [1.29, 1.82) is 0 Å². The van der Waals surface area contributed by atoms with Crippen LogP contribution in [-0.2, 0) is 0 Å². The molecule has 0 unspecified atom stereocenters. The Morgan fingerprint density at radius 2 is 1.61 bits per heavy atom. The summed E-state index contributed by atoms with van der Waals surface area (Å²) in [6.45, 7) is 2.02. The van der Waals surface area contributed by atoms with Crippen molar-refractivity contribution < 1.29 is 4.79 Å². The first kappa shape index (κ1) is 17.9. The molecule has 138 valence electrons. The van der Waals surface area contributed by atoms with E-state index < -0.39 is 5.91 Å². The molecule has 0 saturated carbocycles. The first-order chi connectivity index (χ1) is 13.6. The molecular weight excluding hydrogens is 372 g/mol. The van der Waals surface area contributed by atoms with Gasteiger partial charge in [-0.3, -0.25) is 4.79 Å². The molecule has 6 heteroatoms. The zero-order valence-corrected chi connectivity index (χ0v) is 15.9. The second kappa shape index (κ2) is 7.66. The van der Waals surface area contributed by atoms with E-state index in [2.05, 4.69) is 15.4 Å². The van der Waals surface area contributed by atoms with Gasteiger partial charge in [0.2, 0.25) is 5.82 Å². The van der Waals surface area contributed by atoms with Gasteiger partial charge < -0.3 is 5.32 Å². The molecule has 1 heterocycles. The van der Waals surface area contributed by atoms with Crippen molar-refractivity contribution in [3.63, 3.8) is 0 Å². The Morgan fingerprint density at radius 1 is 0.929 bits per heavy atom. The second-order valence-corrected chi connectivity index (χ2v) is 6.71. The van der Waals surface area contributed by atoms with Gasteiger partial charge in [0, 0.05) is 5.56 Å². The number of nitrogens with zero attached hydrogens (tertiary/aromatic N) is 3. The quantitative estimate of drug-likeness (QED) is 0.526. The highest BCUT2D eigenvalue weighted by atomic mass is 35.5. The lowest BCUT2D eigenvalue weighted by molar-refractivity contribution is 0.101. The number of amides is 1. The summed E-state index contributed by atoms with van der Waals surface area (Å²) in [5, 5.41) is 7.69. The fraction of sp³-hybridized carbons (Fsp3) is 0.0455. The van der Waals surface area contributed by atoms with Gasteiger partial charge >= 0.3 is 0 Å². The van der Waals surface area contributed by atoms with E-state index in [4.69, 9.17) is 11.6 Å². The maximum Gasteiger partial charge on any atom is 0.295 e. The Bertz CT molecular complexity index is 1120. The molecule has 0 saturated heterocycles. The number of benzene rings is 3. The zero-order valence-electron chi connectivity index (χ0n) is 15.1. The highest BCUT2D eigenvalue weighted by Gasteiger charge is 2.19. The van der Waals surface area contributed by atoms with Crippen LogP contribution in [0.1, 0.15) is 16.2 Å². The number of hydrogen-bond donors (Lipinski definition) is 1. The van der Waals surface area contributed by atoms with Gasteiger partial charge in [0.05, 0.1) is 16.4 Å². The van der Waals surface area contributed by atoms with Crippen molar-refractivity contribution in [3.8, 4) is 17.1 Å². The average molecular weight is 389 g/mol. The number of para-hydroxylation sites is 1. The standard InChI is InChI=1S/C22H17ClN4O/c1-15-11-13-17(14-12-15)27-21(16-7-3-2-4-8-16)25-20(26-27)22(28)24-19-10-6-5-9-18(19)23/h2-14H,1H3,(H,24,28). The third-order valence-corrected chi connectivity index (χ3v) is 4.57. The highest BCUT2D eigenvalue weighted by Crippen LogP contribution is 2.23. The lowest BCUT2D eigenvalue weighted by atomic mass is 10.2. The largest absolute Gasteiger partial charge is 0.318 e. The molecule has 4 aromatic rings. The monoisotopic (exact) mass is 388 g/mol. The Morgan fingerprint density at radius 3 is 2.32 bits per heavy atom. The van der Waals surface area contributed by atoms with Gasteiger partial charge in [-0.1, -0.05) is 71.8 Å². The first-order valence-corrected chi connectivity index (χ1v) is 9.15. The summed E-state index contributed by atoms with van der Waals surface area (Å²) in [6.07, 6.45) is 0. The van der Waals surface area contributed by atoms with Crippen molar-refractivity contribution in [2.24, 2.45) is 0 Å². The highest BCUT2D eigenvalue weighted by molar-refractivity contribution is 6.33. The SMILES string of the molecule is Cc1ccc(-n2nc(C(=O)Nc3ccccc3Cl)nc2-c2ccccc2)cc1. The molecule has 0 atom stereocenters. The minimum atomic E-state index is -0.420. The molecule has 0 spiro atoms. The Hall–Kier alpha value is -3.44. The zero-order chi connectivity index (χ0) is 19.5. The van der Waals surface area contributed by atoms with Crippen LogP contribution in [0.25, 0.3) is 17.1 Å². The van der Waals surface area contributed by atoms with Crippen molar-refractivity contribution in [2.45, 2.75) is 6.92 Å². The van der Waals surface area contributed by atoms with Gasteiger partial charge in [0.15, 0.2) is 5.82 Å². The summed E-state index contributed by atoms with van der Waals surface area (Å²) in [6, 6.07) is 24.6. The summed E-state index contributed by atoms with van der Waals surface area (Å²) in [5.74, 6) is 0.240. The molecule has 0 aliphatic carbocycles. The topological polar surface area (TPSA) is 59.8 Å². The van der Waals surface area contributed by atoms with Crippen LogP contribution >= 0.6 is 11.6 Å². The number of nitrogens with one attached hydrogen (secondary N) is 1. The minimum absolute atomic E-state index is 0.0688. The summed E-state index contributed by atoms with van der Waals surface area (Å²) in [4.78, 5) is 17.2. The smallest absolute Gasteiger partial charge is 0.295 e. The molecule has 1 amide bonds. The fourth-order valence-corrected chi connectivity index (χ4v) is 2.97. The predicted octanol–water partition coefficient (Wildman–Crippen LogP) is 5.15. The van der Waals surface area contributed by atoms with Gasteiger partial charge in [-0.15, -0.1) is 5.10 Å². The number of aryl methyl sites for hydroxylation is 1. The van der Waals surface area contributed by atoms with E-state index in [0.29, 0.717) is 16.5 Å². The molecule has 0 aliphatic heterocycles. The summed E-state index contributed by atoms with van der Waals surface area (Å²) in [7, 11) is 0. The number of hydrogen-bond acceptors (Lipinski definition) is 3. The van der Waals surface area contributed by atoms with E-state index in [9.17, 15) is 4.79 Å². The van der Waals surface area contributed by atoms with Gasteiger partial charge in [0.25, 0.3) is 5.91 Å². The van der Waals surface area contributed by atoms with E-state index in [0.717, 1.165) is 16.8 Å². The molecule has 0 radical (unpaired) electrons. The molecule has 0 fully saturated rings. The summed E-state index contributed by atoms with van der Waals surface area (Å²) >= 11 is 6.14. The van der Waals surface area contributed by atoms with Crippen LogP contribution in [0, 0.1) is 6.92 Å². The van der Waals surface area contributed by atoms with E-state index in [1.54, 1.807) is 28.9 Å². The van der Waals surface area contributed by atoms with Crippen LogP contribution in [0.2, 0.25) is 5.02 Å². The molecule has 4 rings (SSSR count). The Balaban J connectivity index is 1.76. The molecule has 0 bridgehead atoms. The fourth-order valence-electron chi connectivity index (χ4n) is 2.79. The van der Waals surface area contributed by atoms with Gasteiger partial charge in [0.1, 0.15) is 0 Å². The molecule has 28 heavy (non-hydrogen) atoms. The summed E-state index contributed by atoms with van der Waals surface area (Å²) < 4.78 is 1.68. The maximum atomic E-state index is 12.7. The number of aromatic nitrogens is 3. The van der Waals surface area contributed by atoms with Crippen LogP contribution in [0.4, 0.5) is 5.69 Å². The number of carbonyl (C=O) groups is 1. The molecule has 5 nitrogen and oxygen atoms in total. The molecular formula is C22H17ClN4O. The minimum Gasteiger partial charge on any atom is -0.318 e. The lowest BCUT2D eigenvalue weighted by Crippen LogP contribution is -2.14. The van der Waals surface area contributed by atoms with Crippen LogP contribution in [0.3, 0.4) is 0 Å². The number of carbonyl (C=O) groups excluding carboxylic acids is 1. The van der Waals surface area contributed by atoms with E-state index in [1.165, 1.54) is 0 Å². The Kier molecular flexibility index (Phi) is 4.91. The molecule has 1 N–H and O–H groups in total. The molecule has 0 aliphatic rings. The van der Waals surface area contributed by atoms with Gasteiger partial charge in [-0.25, -0.2) is 9.67 Å². The number of halogens is 1. The predicted molar refractivity (Wildman–Crippen MR) is 111 cm³/mol. The van der Waals surface area contributed by atoms with Crippen LogP contribution < -0.4 is 5.32 Å². The third kappa shape index (κ3) is 3.66. The molecule has 3 aromatic carbocycles. The second-order valence-electron chi connectivity index (χ2n) is 6.31. The van der Waals surface area contributed by atoms with E-state index in [-0.39, 0.29) is 5.82 Å². The van der Waals surface area contributed by atoms with E-state index >= 15 is 0 Å². The van der Waals surface area contributed by atoms with E-state index in [1.807, 2.05) is 61.5 Å². The van der Waals surface area contributed by atoms with Gasteiger partial charge in [-0.05, 0) is 31.2 Å². The normalized spacial score (nSPS) is 10.6. The average Bonchev–Trinajstić information content (AvgIpc) is 3.16. The van der Waals surface area contributed by atoms with Crippen molar-refractivity contribution in [3.05, 3.63) is 95.3 Å². The van der Waals surface area contributed by atoms with Crippen LogP contribution in [-0.4, -0.2) is 20.7 Å². The lowest BCUT2D eigenvalue weighted by Gasteiger charge is -2.06. The van der Waals surface area contributed by atoms with Crippen molar-refractivity contribution in [2.75, 3.05) is 5.32 Å². The third-order valence-electron chi connectivity index (χ3n) is 4.24. The van der Waals surface area contributed by atoms with Gasteiger partial charge in [-0.2, -0.15) is 0 Å². The first-order valence-electron chi connectivity index (χ1n) is 8.77. The van der Waals surface area contributed by atoms with Crippen molar-refractivity contribution >= 4 is 23.2 Å². The Labute approximate surface area is 167 Å².